The summed E-state index contributed by atoms with van der Waals surface area (Å²) < 4.78 is 26.0. The summed E-state index contributed by atoms with van der Waals surface area (Å²) in [7, 11) is 1.45. The van der Waals surface area contributed by atoms with E-state index < -0.39 is 17.5 Å². The van der Waals surface area contributed by atoms with E-state index >= 15 is 0 Å². The Balaban J connectivity index is 1.51. The van der Waals surface area contributed by atoms with Gasteiger partial charge < -0.3 is 25.0 Å². The number of nitrogens with zero attached hydrogens (tertiary/aromatic N) is 5. The van der Waals surface area contributed by atoms with Crippen LogP contribution in [0, 0.1) is 17.1 Å². The Labute approximate surface area is 219 Å². The molecular formula is C27H29FN6O4. The van der Waals surface area contributed by atoms with Gasteiger partial charge in [-0.25, -0.2) is 13.9 Å². The second kappa shape index (κ2) is 10.4. The number of benzene rings is 2. The fourth-order valence-corrected chi connectivity index (χ4v) is 4.16. The lowest BCUT2D eigenvalue weighted by molar-refractivity contribution is -0.107. The highest BCUT2D eigenvalue weighted by Crippen LogP contribution is 2.33. The van der Waals surface area contributed by atoms with E-state index in [9.17, 15) is 19.2 Å². The van der Waals surface area contributed by atoms with E-state index in [1.807, 2.05) is 0 Å². The largest absolute Gasteiger partial charge is 0.495 e. The van der Waals surface area contributed by atoms with E-state index in [4.69, 9.17) is 15.2 Å². The van der Waals surface area contributed by atoms with Crippen LogP contribution < -0.4 is 15.4 Å². The number of nitriles is 1. The van der Waals surface area contributed by atoms with Crippen molar-refractivity contribution in [2.24, 2.45) is 0 Å². The number of carbonyl (C=O) groups excluding carboxylic acids is 2. The van der Waals surface area contributed by atoms with Crippen molar-refractivity contribution in [1.29, 1.82) is 5.26 Å². The van der Waals surface area contributed by atoms with Gasteiger partial charge >= 0.3 is 6.09 Å². The third-order valence-corrected chi connectivity index (χ3v) is 6.08. The number of likely N-dealkylation sites (tertiary alicyclic amines) is 1. The Bertz CT molecular complexity index is 1380. The average Bonchev–Trinajstić information content (AvgIpc) is 3.16. The molecule has 1 fully saturated rings. The number of nitrogens with two attached hydrogens (primary N) is 1. The summed E-state index contributed by atoms with van der Waals surface area (Å²) in [4.78, 5) is 27.0. The van der Waals surface area contributed by atoms with Gasteiger partial charge in [0.2, 0.25) is 6.41 Å². The van der Waals surface area contributed by atoms with Crippen molar-refractivity contribution >= 4 is 24.0 Å². The molecule has 0 atom stereocenters. The maximum Gasteiger partial charge on any atom is 0.410 e. The average molecular weight is 521 g/mol. The fourth-order valence-electron chi connectivity index (χ4n) is 4.16. The van der Waals surface area contributed by atoms with E-state index in [1.54, 1.807) is 54.6 Å². The van der Waals surface area contributed by atoms with Gasteiger partial charge in [0.05, 0.1) is 25.4 Å². The summed E-state index contributed by atoms with van der Waals surface area (Å²) in [6, 6.07) is 13.1. The third kappa shape index (κ3) is 5.39. The van der Waals surface area contributed by atoms with Crippen LogP contribution in [-0.2, 0) is 16.1 Å². The molecule has 1 saturated heterocycles. The second-order valence-corrected chi connectivity index (χ2v) is 9.95. The third-order valence-electron chi connectivity index (χ3n) is 6.08. The minimum absolute atomic E-state index is 0.174. The Morgan fingerprint density at radius 3 is 2.53 bits per heavy atom. The molecule has 0 spiro atoms. The maximum absolute atomic E-state index is 13.8. The van der Waals surface area contributed by atoms with E-state index in [1.165, 1.54) is 30.2 Å². The number of hydrogen-bond donors (Lipinski definition) is 1. The molecular weight excluding hydrogens is 491 g/mol. The molecule has 11 heteroatoms. The number of rotatable bonds is 7. The highest BCUT2D eigenvalue weighted by molar-refractivity contribution is 5.79. The van der Waals surface area contributed by atoms with E-state index in [0.29, 0.717) is 42.2 Å². The fraction of sp³-hybridized carbons (Fsp3) is 0.333. The van der Waals surface area contributed by atoms with Gasteiger partial charge in [-0.2, -0.15) is 10.4 Å². The Hall–Kier alpha value is -4.59. The van der Waals surface area contributed by atoms with Gasteiger partial charge in [-0.05, 0) is 38.5 Å². The van der Waals surface area contributed by atoms with E-state index in [2.05, 4.69) is 11.2 Å². The predicted molar refractivity (Wildman–Crippen MR) is 139 cm³/mol. The molecule has 1 aromatic heterocycles. The predicted octanol–water partition coefficient (Wildman–Crippen LogP) is 4.11. The van der Waals surface area contributed by atoms with Crippen molar-refractivity contribution in [3.8, 4) is 23.1 Å². The minimum Gasteiger partial charge on any atom is -0.495 e. The van der Waals surface area contributed by atoms with Crippen molar-refractivity contribution in [2.75, 3.05) is 30.8 Å². The molecule has 3 aromatic rings. The Kier molecular flexibility index (Phi) is 7.26. The van der Waals surface area contributed by atoms with Gasteiger partial charge in [0.1, 0.15) is 40.3 Å². The highest BCUT2D eigenvalue weighted by atomic mass is 19.1. The summed E-state index contributed by atoms with van der Waals surface area (Å²) in [5, 5.41) is 14.4. The van der Waals surface area contributed by atoms with Crippen LogP contribution in [0.4, 0.5) is 20.7 Å². The number of amides is 2. The maximum atomic E-state index is 13.8. The summed E-state index contributed by atoms with van der Waals surface area (Å²) in [6.45, 7) is 6.33. The molecule has 0 saturated carbocycles. The second-order valence-electron chi connectivity index (χ2n) is 9.95. The summed E-state index contributed by atoms with van der Waals surface area (Å²) >= 11 is 0. The number of anilines is 2. The monoisotopic (exact) mass is 520 g/mol. The SMILES string of the molecule is COc1ccc(F)cc1N(C=O)Cc1ccc(-c2nn(C3CN(C(=O)OC(C)(C)C)C3)c(N)c2C#N)cc1. The molecule has 198 valence electrons. The minimum atomic E-state index is -0.591. The number of hydrogen-bond acceptors (Lipinski definition) is 7. The summed E-state index contributed by atoms with van der Waals surface area (Å²) in [5.74, 6) is 0.114. The first-order valence-corrected chi connectivity index (χ1v) is 12.0. The van der Waals surface area contributed by atoms with Crippen LogP contribution in [0.1, 0.15) is 37.9 Å². The number of methoxy groups -OCH3 is 1. The molecule has 0 aliphatic carbocycles. The quantitative estimate of drug-likeness (QED) is 0.465. The zero-order chi connectivity index (χ0) is 27.6. The first kappa shape index (κ1) is 26.5. The van der Waals surface area contributed by atoms with Crippen molar-refractivity contribution in [1.82, 2.24) is 14.7 Å². The van der Waals surface area contributed by atoms with Gasteiger partial charge in [-0.3, -0.25) is 4.79 Å². The Morgan fingerprint density at radius 2 is 1.95 bits per heavy atom. The molecule has 0 unspecified atom stereocenters. The van der Waals surface area contributed by atoms with Crippen LogP contribution in [0.2, 0.25) is 0 Å². The van der Waals surface area contributed by atoms with Crippen molar-refractivity contribution in [3.05, 3.63) is 59.4 Å². The zero-order valence-corrected chi connectivity index (χ0v) is 21.6. The van der Waals surface area contributed by atoms with Crippen LogP contribution in [-0.4, -0.2) is 53.0 Å². The molecule has 38 heavy (non-hydrogen) atoms. The molecule has 2 N–H and O–H groups in total. The molecule has 2 amide bonds. The molecule has 2 heterocycles. The molecule has 10 nitrogen and oxygen atoms in total. The molecule has 1 aliphatic heterocycles. The number of halogens is 1. The Morgan fingerprint density at radius 1 is 1.26 bits per heavy atom. The summed E-state index contributed by atoms with van der Waals surface area (Å²) in [5.41, 5.74) is 8.08. The summed E-state index contributed by atoms with van der Waals surface area (Å²) in [6.07, 6.45) is 0.205. The number of nitrogen functional groups attached to an aromatic ring is 1. The molecule has 2 aromatic carbocycles. The van der Waals surface area contributed by atoms with E-state index in [-0.39, 0.29) is 24.0 Å². The van der Waals surface area contributed by atoms with Crippen LogP contribution >= 0.6 is 0 Å². The molecule has 0 radical (unpaired) electrons. The van der Waals surface area contributed by atoms with Crippen molar-refractivity contribution in [2.45, 2.75) is 39.0 Å². The van der Waals surface area contributed by atoms with Crippen molar-refractivity contribution in [3.63, 3.8) is 0 Å². The first-order chi connectivity index (χ1) is 18.0. The zero-order valence-electron chi connectivity index (χ0n) is 21.6. The first-order valence-electron chi connectivity index (χ1n) is 12.0. The topological polar surface area (TPSA) is 127 Å². The van der Waals surface area contributed by atoms with Gasteiger partial charge in [-0.15, -0.1) is 0 Å². The lowest BCUT2D eigenvalue weighted by Gasteiger charge is -2.39. The van der Waals surface area contributed by atoms with E-state index in [0.717, 1.165) is 5.56 Å². The van der Waals surface area contributed by atoms with Crippen LogP contribution in [0.3, 0.4) is 0 Å². The van der Waals surface area contributed by atoms with Crippen molar-refractivity contribution < 1.29 is 23.5 Å². The lowest BCUT2D eigenvalue weighted by Crippen LogP contribution is -2.52. The van der Waals surface area contributed by atoms with Gasteiger partial charge in [-0.1, -0.05) is 24.3 Å². The van der Waals surface area contributed by atoms with Crippen LogP contribution in [0.5, 0.6) is 5.75 Å². The smallest absolute Gasteiger partial charge is 0.410 e. The number of ether oxygens (including phenoxy) is 2. The van der Waals surface area contributed by atoms with Crippen LogP contribution in [0.25, 0.3) is 11.3 Å². The lowest BCUT2D eigenvalue weighted by atomic mass is 10.1. The van der Waals surface area contributed by atoms with Crippen LogP contribution in [0.15, 0.2) is 42.5 Å². The number of carbonyl (C=O) groups is 2. The van der Waals surface area contributed by atoms with Gasteiger partial charge in [0.25, 0.3) is 0 Å². The molecule has 0 bridgehead atoms. The molecule has 1 aliphatic rings. The number of aromatic nitrogens is 2. The van der Waals surface area contributed by atoms with Gasteiger partial charge in [0, 0.05) is 24.7 Å². The normalized spacial score (nSPS) is 13.4. The van der Waals surface area contributed by atoms with Gasteiger partial charge in [0.15, 0.2) is 0 Å². The molecule has 4 rings (SSSR count). The highest BCUT2D eigenvalue weighted by Gasteiger charge is 2.37. The standard InChI is InChI=1S/C27H29FN6O4/c1-27(2,3)38-26(36)32-14-20(15-32)34-25(30)21(12-29)24(31-34)18-7-5-17(6-8-18)13-33(16-35)22-11-19(28)9-10-23(22)37-4/h5-11,16,20H,13-15,30H2,1-4H3.